The highest BCUT2D eigenvalue weighted by molar-refractivity contribution is 5.51. The Morgan fingerprint density at radius 1 is 0.532 bits per heavy atom. The molecule has 0 radical (unpaired) electrons. The Labute approximate surface area is 284 Å². The van der Waals surface area contributed by atoms with E-state index in [1.165, 1.54) is 33.4 Å². The van der Waals surface area contributed by atoms with Gasteiger partial charge in [-0.25, -0.2) is 0 Å². The molecule has 4 N–H and O–H groups in total. The molecule has 0 spiro atoms. The van der Waals surface area contributed by atoms with Crippen LogP contribution in [-0.2, 0) is 18.3 Å². The van der Waals surface area contributed by atoms with Gasteiger partial charge in [0.05, 0.1) is 0 Å². The van der Waals surface area contributed by atoms with E-state index >= 15 is 0 Å². The number of aromatic hydroxyl groups is 4. The Morgan fingerprint density at radius 3 is 1.28 bits per heavy atom. The average molecular weight is 639 g/mol. The highest BCUT2D eigenvalue weighted by Gasteiger charge is 2.27. The molecule has 0 aromatic heterocycles. The molecule has 4 rings (SSSR count). The summed E-state index contributed by atoms with van der Waals surface area (Å²) in [6.07, 6.45) is 8.73. The molecule has 0 atom stereocenters. The summed E-state index contributed by atoms with van der Waals surface area (Å²) in [6.45, 7) is 19.0. The number of phenols is 4. The van der Waals surface area contributed by atoms with E-state index in [-0.39, 0.29) is 5.41 Å². The van der Waals surface area contributed by atoms with Crippen LogP contribution in [0.5, 0.6) is 23.0 Å². The third-order valence-electron chi connectivity index (χ3n) is 9.61. The minimum Gasteiger partial charge on any atom is -0.508 e. The molecule has 0 aliphatic rings. The third kappa shape index (κ3) is 9.34. The highest BCUT2D eigenvalue weighted by atomic mass is 16.3. The van der Waals surface area contributed by atoms with Gasteiger partial charge in [-0.15, -0.1) is 0 Å². The standard InChI is InChI=1S/C26H38O2.C17H20O2/c1-6-9-12-20-16-25(27)18(4)14-23(20)22(11-8-3)24-15-19(5)26(28)17-21(24)13-10-7-2;1-11-9-13(18)5-7-15(11)17(3,4)16-8-6-14(19)10-12(16)2/h14-17,22,27-28H,6-13H2,1-5H3;5-10,18-19H,1-4H3. The molecule has 4 heteroatoms. The summed E-state index contributed by atoms with van der Waals surface area (Å²) in [5.74, 6) is 1.69. The van der Waals surface area contributed by atoms with Gasteiger partial charge in [0.15, 0.2) is 0 Å². The largest absolute Gasteiger partial charge is 0.508 e. The van der Waals surface area contributed by atoms with Crippen molar-refractivity contribution in [3.05, 3.63) is 116 Å². The molecule has 0 saturated carbocycles. The first-order valence-electron chi connectivity index (χ1n) is 17.5. The van der Waals surface area contributed by atoms with E-state index in [0.29, 0.717) is 28.9 Å². The van der Waals surface area contributed by atoms with E-state index in [1.54, 1.807) is 24.3 Å². The van der Waals surface area contributed by atoms with E-state index in [9.17, 15) is 20.4 Å². The number of hydrogen-bond acceptors (Lipinski definition) is 4. The zero-order valence-corrected chi connectivity index (χ0v) is 30.3. The lowest BCUT2D eigenvalue weighted by Crippen LogP contribution is -2.21. The second-order valence-electron chi connectivity index (χ2n) is 13.8. The van der Waals surface area contributed by atoms with Crippen molar-refractivity contribution in [3.8, 4) is 23.0 Å². The normalized spacial score (nSPS) is 11.4. The minimum atomic E-state index is -0.171. The van der Waals surface area contributed by atoms with Crippen LogP contribution in [0.1, 0.15) is 135 Å². The zero-order valence-electron chi connectivity index (χ0n) is 30.3. The molecule has 4 aromatic carbocycles. The Morgan fingerprint density at radius 2 is 0.936 bits per heavy atom. The third-order valence-corrected chi connectivity index (χ3v) is 9.61. The van der Waals surface area contributed by atoms with Gasteiger partial charge in [-0.2, -0.15) is 0 Å². The molecule has 4 nitrogen and oxygen atoms in total. The summed E-state index contributed by atoms with van der Waals surface area (Å²) in [7, 11) is 0. The first-order chi connectivity index (χ1) is 22.2. The lowest BCUT2D eigenvalue weighted by molar-refractivity contribution is 0.468. The van der Waals surface area contributed by atoms with Crippen LogP contribution in [0, 0.1) is 27.7 Å². The molecule has 47 heavy (non-hydrogen) atoms. The smallest absolute Gasteiger partial charge is 0.118 e. The molecular formula is C43H58O4. The molecule has 0 saturated heterocycles. The Bertz CT molecular complexity index is 1510. The van der Waals surface area contributed by atoms with Crippen molar-refractivity contribution < 1.29 is 20.4 Å². The van der Waals surface area contributed by atoms with Gasteiger partial charge in [0.2, 0.25) is 0 Å². The van der Waals surface area contributed by atoms with Crippen LogP contribution in [-0.4, -0.2) is 20.4 Å². The lowest BCUT2D eigenvalue weighted by atomic mass is 9.74. The quantitative estimate of drug-likeness (QED) is 0.124. The van der Waals surface area contributed by atoms with E-state index in [1.807, 2.05) is 52.0 Å². The van der Waals surface area contributed by atoms with Crippen LogP contribution < -0.4 is 0 Å². The Balaban J connectivity index is 0.000000274. The average Bonchev–Trinajstić information content (AvgIpc) is 3.00. The fraction of sp³-hybridized carbons (Fsp3) is 0.442. The van der Waals surface area contributed by atoms with Gasteiger partial charge in [0, 0.05) is 11.3 Å². The van der Waals surface area contributed by atoms with Crippen molar-refractivity contribution in [2.24, 2.45) is 0 Å². The Hall–Kier alpha value is -3.92. The van der Waals surface area contributed by atoms with Gasteiger partial charge in [-0.3, -0.25) is 0 Å². The first-order valence-corrected chi connectivity index (χ1v) is 17.5. The van der Waals surface area contributed by atoms with Gasteiger partial charge in [0.25, 0.3) is 0 Å². The zero-order chi connectivity index (χ0) is 34.9. The number of unbranched alkanes of at least 4 members (excludes halogenated alkanes) is 2. The molecule has 0 amide bonds. The summed E-state index contributed by atoms with van der Waals surface area (Å²) in [4.78, 5) is 0. The topological polar surface area (TPSA) is 80.9 Å². The van der Waals surface area contributed by atoms with Gasteiger partial charge >= 0.3 is 0 Å². The van der Waals surface area contributed by atoms with Crippen molar-refractivity contribution in [2.75, 3.05) is 0 Å². The second-order valence-corrected chi connectivity index (χ2v) is 13.8. The van der Waals surface area contributed by atoms with Crippen LogP contribution in [0.15, 0.2) is 60.7 Å². The summed E-state index contributed by atoms with van der Waals surface area (Å²) >= 11 is 0. The fourth-order valence-corrected chi connectivity index (χ4v) is 6.95. The minimum absolute atomic E-state index is 0.171. The summed E-state index contributed by atoms with van der Waals surface area (Å²) in [5.41, 5.74) is 11.5. The molecule has 0 aliphatic carbocycles. The maximum Gasteiger partial charge on any atom is 0.118 e. The molecule has 4 aromatic rings. The fourth-order valence-electron chi connectivity index (χ4n) is 6.95. The van der Waals surface area contributed by atoms with Gasteiger partial charge in [0.1, 0.15) is 23.0 Å². The number of rotatable bonds is 12. The molecule has 0 aliphatic heterocycles. The summed E-state index contributed by atoms with van der Waals surface area (Å²) in [6, 6.07) is 19.3. The number of aryl methyl sites for hydroxylation is 6. The molecule has 0 fully saturated rings. The monoisotopic (exact) mass is 638 g/mol. The van der Waals surface area contributed by atoms with Gasteiger partial charge in [-0.05, 0) is 152 Å². The van der Waals surface area contributed by atoms with Crippen molar-refractivity contribution in [2.45, 2.75) is 125 Å². The van der Waals surface area contributed by atoms with Crippen LogP contribution >= 0.6 is 0 Å². The number of hydrogen-bond donors (Lipinski definition) is 4. The molecule has 254 valence electrons. The maximum absolute atomic E-state index is 10.3. The van der Waals surface area contributed by atoms with Crippen molar-refractivity contribution in [1.82, 2.24) is 0 Å². The highest BCUT2D eigenvalue weighted by Crippen LogP contribution is 2.40. The SMILES string of the molecule is CCCCc1cc(O)c(C)cc1C(CCC)c1cc(C)c(O)cc1CCCC.Cc1cc(O)ccc1C(C)(C)c1ccc(O)cc1C. The Kier molecular flexibility index (Phi) is 13.4. The van der Waals surface area contributed by atoms with Crippen LogP contribution in [0.3, 0.4) is 0 Å². The molecular weight excluding hydrogens is 580 g/mol. The number of phenolic OH excluding ortho intramolecular Hbond substituents is 4. The van der Waals surface area contributed by atoms with E-state index < -0.39 is 0 Å². The van der Waals surface area contributed by atoms with Crippen molar-refractivity contribution in [1.29, 1.82) is 0 Å². The van der Waals surface area contributed by atoms with Crippen LogP contribution in [0.2, 0.25) is 0 Å². The summed E-state index contributed by atoms with van der Waals surface area (Å²) < 4.78 is 0. The first kappa shape index (κ1) is 37.5. The lowest BCUT2D eigenvalue weighted by Gasteiger charge is -2.29. The predicted octanol–water partition coefficient (Wildman–Crippen LogP) is 11.4. The van der Waals surface area contributed by atoms with Gasteiger partial charge < -0.3 is 20.4 Å². The molecule has 0 unspecified atom stereocenters. The molecule has 0 bridgehead atoms. The molecule has 0 heterocycles. The van der Waals surface area contributed by atoms with E-state index in [2.05, 4.69) is 46.8 Å². The van der Waals surface area contributed by atoms with Crippen LogP contribution in [0.4, 0.5) is 0 Å². The van der Waals surface area contributed by atoms with Crippen LogP contribution in [0.25, 0.3) is 0 Å². The summed E-state index contributed by atoms with van der Waals surface area (Å²) in [5, 5.41) is 39.7. The van der Waals surface area contributed by atoms with Crippen molar-refractivity contribution >= 4 is 0 Å². The van der Waals surface area contributed by atoms with Crippen molar-refractivity contribution in [3.63, 3.8) is 0 Å². The predicted molar refractivity (Wildman–Crippen MR) is 197 cm³/mol. The van der Waals surface area contributed by atoms with E-state index in [4.69, 9.17) is 0 Å². The van der Waals surface area contributed by atoms with E-state index in [0.717, 1.165) is 73.6 Å². The maximum atomic E-state index is 10.3. The van der Waals surface area contributed by atoms with Gasteiger partial charge in [-0.1, -0.05) is 78.1 Å². The number of benzene rings is 4. The second kappa shape index (κ2) is 16.8.